The van der Waals surface area contributed by atoms with E-state index in [1.807, 2.05) is 0 Å². The molecular formula is C13H12BrN5O3. The van der Waals surface area contributed by atoms with Gasteiger partial charge >= 0.3 is 0 Å². The highest BCUT2D eigenvalue weighted by atomic mass is 79.9. The van der Waals surface area contributed by atoms with Crippen LogP contribution in [0.2, 0.25) is 0 Å². The Balaban J connectivity index is 2.10. The fourth-order valence-corrected chi connectivity index (χ4v) is 2.25. The molecule has 8 nitrogen and oxygen atoms in total. The molecule has 114 valence electrons. The molecule has 1 N–H and O–H groups in total. The van der Waals surface area contributed by atoms with Gasteiger partial charge in [0, 0.05) is 25.4 Å². The highest BCUT2D eigenvalue weighted by Crippen LogP contribution is 2.14. The number of carbonyl (C=O) groups excluding carboxylic acids is 1. The Kier molecular flexibility index (Phi) is 4.66. The number of hydrogen-bond acceptors (Lipinski definition) is 5. The Morgan fingerprint density at radius 1 is 1.41 bits per heavy atom. The number of halogens is 1. The van der Waals surface area contributed by atoms with E-state index >= 15 is 0 Å². The van der Waals surface area contributed by atoms with Crippen LogP contribution in [-0.2, 0) is 7.05 Å². The molecule has 9 heteroatoms. The number of nitrogens with one attached hydrogen (secondary N) is 1. The van der Waals surface area contributed by atoms with Gasteiger partial charge in [-0.3, -0.25) is 19.6 Å². The standard InChI is InChI=1S/C13H12BrN5O3/c1-8(9-3-5-10(6-4-9)19(21)22)15-16-13(20)12-11(14)7-18(2)17-12/h3-7H,1-2H3,(H,16,20)/b15-8-. The van der Waals surface area contributed by atoms with Crippen LogP contribution in [-0.4, -0.2) is 26.3 Å². The molecule has 2 rings (SSSR count). The van der Waals surface area contributed by atoms with Crippen LogP contribution < -0.4 is 5.43 Å². The summed E-state index contributed by atoms with van der Waals surface area (Å²) in [5, 5.41) is 18.6. The first-order valence-electron chi connectivity index (χ1n) is 6.17. The van der Waals surface area contributed by atoms with E-state index in [9.17, 15) is 14.9 Å². The molecule has 0 spiro atoms. The molecular weight excluding hydrogens is 354 g/mol. The summed E-state index contributed by atoms with van der Waals surface area (Å²) >= 11 is 3.23. The molecule has 1 aromatic heterocycles. The van der Waals surface area contributed by atoms with Crippen LogP contribution in [0.15, 0.2) is 40.0 Å². The quantitative estimate of drug-likeness (QED) is 0.509. The summed E-state index contributed by atoms with van der Waals surface area (Å²) in [6.07, 6.45) is 1.65. The first-order chi connectivity index (χ1) is 10.4. The molecule has 1 heterocycles. The average Bonchev–Trinajstić information content (AvgIpc) is 2.83. The molecule has 1 amide bonds. The summed E-state index contributed by atoms with van der Waals surface area (Å²) in [4.78, 5) is 22.1. The summed E-state index contributed by atoms with van der Waals surface area (Å²) in [5.74, 6) is -0.450. The van der Waals surface area contributed by atoms with Gasteiger partial charge in [0.05, 0.1) is 15.1 Å². The minimum Gasteiger partial charge on any atom is -0.274 e. The van der Waals surface area contributed by atoms with Crippen LogP contribution in [0.1, 0.15) is 23.0 Å². The normalized spacial score (nSPS) is 11.3. The number of hydrogen-bond donors (Lipinski definition) is 1. The molecule has 0 fully saturated rings. The van der Waals surface area contributed by atoms with E-state index in [0.29, 0.717) is 15.7 Å². The molecule has 0 saturated heterocycles. The van der Waals surface area contributed by atoms with Crippen LogP contribution in [0.3, 0.4) is 0 Å². The van der Waals surface area contributed by atoms with E-state index in [2.05, 4.69) is 31.6 Å². The number of non-ortho nitro benzene ring substituents is 1. The van der Waals surface area contributed by atoms with E-state index in [1.54, 1.807) is 32.3 Å². The van der Waals surface area contributed by atoms with E-state index < -0.39 is 10.8 Å². The van der Waals surface area contributed by atoms with Gasteiger partial charge in [-0.2, -0.15) is 10.2 Å². The topological polar surface area (TPSA) is 102 Å². The second-order valence-electron chi connectivity index (χ2n) is 4.44. The zero-order valence-electron chi connectivity index (χ0n) is 11.8. The Bertz CT molecular complexity index is 752. The van der Waals surface area contributed by atoms with Crippen molar-refractivity contribution in [2.24, 2.45) is 12.1 Å². The third-order valence-electron chi connectivity index (χ3n) is 2.82. The van der Waals surface area contributed by atoms with E-state index in [-0.39, 0.29) is 11.4 Å². The van der Waals surface area contributed by atoms with Gasteiger partial charge in [0.25, 0.3) is 11.6 Å². The van der Waals surface area contributed by atoms with Gasteiger partial charge in [0.1, 0.15) is 0 Å². The average molecular weight is 366 g/mol. The maximum absolute atomic E-state index is 11.9. The molecule has 0 aliphatic rings. The summed E-state index contributed by atoms with van der Waals surface area (Å²) in [7, 11) is 1.70. The molecule has 0 saturated carbocycles. The predicted octanol–water partition coefficient (Wildman–Crippen LogP) is 2.24. The Labute approximate surface area is 134 Å². The van der Waals surface area contributed by atoms with Gasteiger partial charge in [-0.05, 0) is 40.5 Å². The Morgan fingerprint density at radius 3 is 2.55 bits per heavy atom. The summed E-state index contributed by atoms with van der Waals surface area (Å²) < 4.78 is 2.07. The molecule has 0 atom stereocenters. The first-order valence-corrected chi connectivity index (χ1v) is 6.96. The number of aryl methyl sites for hydroxylation is 1. The zero-order valence-corrected chi connectivity index (χ0v) is 13.4. The van der Waals surface area contributed by atoms with Crippen molar-refractivity contribution < 1.29 is 9.72 Å². The number of hydrazone groups is 1. The lowest BCUT2D eigenvalue weighted by Crippen LogP contribution is -2.20. The lowest BCUT2D eigenvalue weighted by Gasteiger charge is -2.02. The third kappa shape index (κ3) is 3.55. The van der Waals surface area contributed by atoms with Crippen LogP contribution in [0.25, 0.3) is 0 Å². The van der Waals surface area contributed by atoms with Gasteiger partial charge in [-0.25, -0.2) is 5.43 Å². The second-order valence-corrected chi connectivity index (χ2v) is 5.30. The van der Waals surface area contributed by atoms with Crippen molar-refractivity contribution in [2.45, 2.75) is 6.92 Å². The fourth-order valence-electron chi connectivity index (χ4n) is 1.69. The van der Waals surface area contributed by atoms with Gasteiger partial charge in [-0.15, -0.1) is 0 Å². The Morgan fingerprint density at radius 2 is 2.05 bits per heavy atom. The largest absolute Gasteiger partial charge is 0.293 e. The van der Waals surface area contributed by atoms with Gasteiger partial charge in [0.15, 0.2) is 5.69 Å². The lowest BCUT2D eigenvalue weighted by atomic mass is 10.1. The zero-order chi connectivity index (χ0) is 16.3. The maximum Gasteiger partial charge on any atom is 0.293 e. The number of amides is 1. The number of carbonyl (C=O) groups is 1. The van der Waals surface area contributed by atoms with Gasteiger partial charge in [0.2, 0.25) is 0 Å². The van der Waals surface area contributed by atoms with Crippen LogP contribution >= 0.6 is 15.9 Å². The van der Waals surface area contributed by atoms with Crippen molar-refractivity contribution in [1.82, 2.24) is 15.2 Å². The molecule has 0 aliphatic heterocycles. The SMILES string of the molecule is C/C(=N/NC(=O)c1nn(C)cc1Br)c1ccc([N+](=O)[O-])cc1. The van der Waals surface area contributed by atoms with Crippen molar-refractivity contribution in [1.29, 1.82) is 0 Å². The van der Waals surface area contributed by atoms with Gasteiger partial charge in [-0.1, -0.05) is 0 Å². The lowest BCUT2D eigenvalue weighted by molar-refractivity contribution is -0.384. The van der Waals surface area contributed by atoms with Gasteiger partial charge < -0.3 is 0 Å². The van der Waals surface area contributed by atoms with Crippen molar-refractivity contribution in [3.8, 4) is 0 Å². The number of aromatic nitrogens is 2. The minimum atomic E-state index is -0.476. The third-order valence-corrected chi connectivity index (χ3v) is 3.40. The van der Waals surface area contributed by atoms with Crippen molar-refractivity contribution in [3.05, 3.63) is 56.3 Å². The highest BCUT2D eigenvalue weighted by molar-refractivity contribution is 9.10. The summed E-state index contributed by atoms with van der Waals surface area (Å²) in [5.41, 5.74) is 3.82. The number of nitro groups is 1. The first kappa shape index (κ1) is 15.8. The van der Waals surface area contributed by atoms with Crippen LogP contribution in [0.5, 0.6) is 0 Å². The molecule has 0 bridgehead atoms. The van der Waals surface area contributed by atoms with Crippen molar-refractivity contribution >= 4 is 33.2 Å². The summed E-state index contributed by atoms with van der Waals surface area (Å²) in [6, 6.07) is 5.90. The van der Waals surface area contributed by atoms with Crippen molar-refractivity contribution in [2.75, 3.05) is 0 Å². The maximum atomic E-state index is 11.9. The highest BCUT2D eigenvalue weighted by Gasteiger charge is 2.14. The number of rotatable bonds is 4. The monoisotopic (exact) mass is 365 g/mol. The number of benzene rings is 1. The molecule has 1 aromatic carbocycles. The number of nitro benzene ring substituents is 1. The van der Waals surface area contributed by atoms with E-state index in [0.717, 1.165) is 0 Å². The molecule has 0 aliphatic carbocycles. The Hall–Kier alpha value is -2.55. The van der Waals surface area contributed by atoms with Crippen LogP contribution in [0.4, 0.5) is 5.69 Å². The second kappa shape index (κ2) is 6.48. The van der Waals surface area contributed by atoms with E-state index in [1.165, 1.54) is 16.8 Å². The molecule has 0 radical (unpaired) electrons. The molecule has 2 aromatic rings. The number of nitrogens with zero attached hydrogens (tertiary/aromatic N) is 4. The van der Waals surface area contributed by atoms with Crippen LogP contribution in [0, 0.1) is 10.1 Å². The minimum absolute atomic E-state index is 0.00185. The smallest absolute Gasteiger partial charge is 0.274 e. The molecule has 0 unspecified atom stereocenters. The summed E-state index contributed by atoms with van der Waals surface area (Å²) in [6.45, 7) is 1.69. The fraction of sp³-hybridized carbons (Fsp3) is 0.154. The van der Waals surface area contributed by atoms with E-state index in [4.69, 9.17) is 0 Å². The molecule has 22 heavy (non-hydrogen) atoms. The van der Waals surface area contributed by atoms with Crippen molar-refractivity contribution in [3.63, 3.8) is 0 Å². The predicted molar refractivity (Wildman–Crippen MR) is 83.7 cm³/mol.